The summed E-state index contributed by atoms with van der Waals surface area (Å²) in [5.41, 5.74) is 0. The van der Waals surface area contributed by atoms with Gasteiger partial charge in [-0.1, -0.05) is 0 Å². The van der Waals surface area contributed by atoms with Gasteiger partial charge in [0.2, 0.25) is 5.91 Å². The van der Waals surface area contributed by atoms with Crippen LogP contribution in [-0.4, -0.2) is 61.1 Å². The molecule has 0 spiro atoms. The van der Waals surface area contributed by atoms with Gasteiger partial charge in [-0.3, -0.25) is 4.79 Å². The third kappa shape index (κ3) is 3.11. The first-order chi connectivity index (χ1) is 9.25. The molecule has 0 aromatic rings. The molecule has 1 aliphatic carbocycles. The molecule has 2 saturated heterocycles. The molecule has 108 valence electrons. The minimum absolute atomic E-state index is 0.212. The van der Waals surface area contributed by atoms with Crippen LogP contribution in [0, 0.1) is 5.92 Å². The summed E-state index contributed by atoms with van der Waals surface area (Å²) < 4.78 is 5.56. The van der Waals surface area contributed by atoms with Crippen molar-refractivity contribution in [2.75, 3.05) is 33.4 Å². The van der Waals surface area contributed by atoms with Crippen molar-refractivity contribution in [3.63, 3.8) is 0 Å². The second-order valence-corrected chi connectivity index (χ2v) is 6.45. The molecule has 0 N–H and O–H groups in total. The van der Waals surface area contributed by atoms with E-state index in [9.17, 15) is 4.79 Å². The molecule has 3 rings (SSSR count). The van der Waals surface area contributed by atoms with E-state index in [0.29, 0.717) is 18.7 Å². The summed E-state index contributed by atoms with van der Waals surface area (Å²) in [7, 11) is 2.20. The zero-order valence-electron chi connectivity index (χ0n) is 12.0. The Bertz CT molecular complexity index is 330. The summed E-state index contributed by atoms with van der Waals surface area (Å²) in [6, 6.07) is 1.01. The van der Waals surface area contributed by atoms with E-state index in [1.165, 1.54) is 38.6 Å². The third-order valence-corrected chi connectivity index (χ3v) is 4.92. The first kappa shape index (κ1) is 13.4. The molecule has 19 heavy (non-hydrogen) atoms. The topological polar surface area (TPSA) is 32.8 Å². The Balaban J connectivity index is 1.51. The smallest absolute Gasteiger partial charge is 0.248 e. The number of hydrogen-bond donors (Lipinski definition) is 0. The third-order valence-electron chi connectivity index (χ3n) is 4.92. The molecule has 3 fully saturated rings. The van der Waals surface area contributed by atoms with E-state index in [2.05, 4.69) is 16.8 Å². The first-order valence-corrected chi connectivity index (χ1v) is 7.83. The normalized spacial score (nSPS) is 32.2. The molecule has 2 aliphatic heterocycles. The standard InChI is InChI=1S/C15H26N2O2/c1-16-8-2-4-13(16)14-5-3-9-17(14)15(18)11-19-10-12-6-7-12/h12-14H,2-11H2,1H3/t13-,14+/m0/s1. The minimum atomic E-state index is 0.212. The molecule has 0 aromatic heterocycles. The molecule has 2 atom stereocenters. The molecule has 4 nitrogen and oxygen atoms in total. The number of carbonyl (C=O) groups is 1. The quantitative estimate of drug-likeness (QED) is 0.756. The largest absolute Gasteiger partial charge is 0.371 e. The molecule has 4 heteroatoms. The van der Waals surface area contributed by atoms with Gasteiger partial charge < -0.3 is 14.5 Å². The molecule has 0 radical (unpaired) electrons. The molecule has 0 bridgehead atoms. The average molecular weight is 266 g/mol. The van der Waals surface area contributed by atoms with Gasteiger partial charge in [0.05, 0.1) is 6.61 Å². The lowest BCUT2D eigenvalue weighted by atomic mass is 10.0. The Kier molecular flexibility index (Phi) is 4.08. The highest BCUT2D eigenvalue weighted by Gasteiger charge is 2.38. The number of hydrogen-bond acceptors (Lipinski definition) is 3. The van der Waals surface area contributed by atoms with Crippen molar-refractivity contribution in [1.82, 2.24) is 9.80 Å². The zero-order chi connectivity index (χ0) is 13.2. The van der Waals surface area contributed by atoms with Crippen LogP contribution in [0.2, 0.25) is 0 Å². The average Bonchev–Trinajstić information content (AvgIpc) is 2.92. The van der Waals surface area contributed by atoms with Gasteiger partial charge in [-0.05, 0) is 58.0 Å². The lowest BCUT2D eigenvalue weighted by Crippen LogP contribution is -2.48. The Morgan fingerprint density at radius 1 is 1.11 bits per heavy atom. The number of likely N-dealkylation sites (tertiary alicyclic amines) is 2. The van der Waals surface area contributed by atoms with Gasteiger partial charge in [-0.15, -0.1) is 0 Å². The van der Waals surface area contributed by atoms with Crippen LogP contribution in [0.4, 0.5) is 0 Å². The predicted molar refractivity (Wildman–Crippen MR) is 73.9 cm³/mol. The van der Waals surface area contributed by atoms with Gasteiger partial charge in [-0.25, -0.2) is 0 Å². The van der Waals surface area contributed by atoms with Crippen LogP contribution < -0.4 is 0 Å². The van der Waals surface area contributed by atoms with Crippen molar-refractivity contribution in [1.29, 1.82) is 0 Å². The van der Waals surface area contributed by atoms with Crippen molar-refractivity contribution in [2.24, 2.45) is 5.92 Å². The predicted octanol–water partition coefficient (Wildman–Crippen LogP) is 1.50. The molecule has 1 saturated carbocycles. The molecular weight excluding hydrogens is 240 g/mol. The van der Waals surface area contributed by atoms with Crippen LogP contribution in [0.1, 0.15) is 38.5 Å². The van der Waals surface area contributed by atoms with Crippen LogP contribution in [0.15, 0.2) is 0 Å². The lowest BCUT2D eigenvalue weighted by Gasteiger charge is -2.33. The fraction of sp³-hybridized carbons (Fsp3) is 0.933. The molecule has 1 amide bonds. The SMILES string of the molecule is CN1CCC[C@H]1[C@H]1CCCN1C(=O)COCC1CC1. The highest BCUT2D eigenvalue weighted by Crippen LogP contribution is 2.30. The van der Waals surface area contributed by atoms with Crippen molar-refractivity contribution in [3.8, 4) is 0 Å². The molecule has 2 heterocycles. The second kappa shape index (κ2) is 5.80. The molecule has 0 aromatic carbocycles. The summed E-state index contributed by atoms with van der Waals surface area (Å²) in [4.78, 5) is 16.8. The van der Waals surface area contributed by atoms with Gasteiger partial charge in [0.25, 0.3) is 0 Å². The van der Waals surface area contributed by atoms with E-state index in [0.717, 1.165) is 25.5 Å². The van der Waals surface area contributed by atoms with Gasteiger partial charge >= 0.3 is 0 Å². The summed E-state index contributed by atoms with van der Waals surface area (Å²) in [5, 5.41) is 0. The molecular formula is C15H26N2O2. The Labute approximate surface area is 116 Å². The zero-order valence-corrected chi connectivity index (χ0v) is 12.0. The first-order valence-electron chi connectivity index (χ1n) is 7.83. The monoisotopic (exact) mass is 266 g/mol. The van der Waals surface area contributed by atoms with Crippen LogP contribution in [0.3, 0.4) is 0 Å². The van der Waals surface area contributed by atoms with E-state index in [1.807, 2.05) is 0 Å². The van der Waals surface area contributed by atoms with Crippen molar-refractivity contribution < 1.29 is 9.53 Å². The van der Waals surface area contributed by atoms with Crippen LogP contribution >= 0.6 is 0 Å². The summed E-state index contributed by atoms with van der Waals surface area (Å²) in [6.45, 7) is 3.19. The summed E-state index contributed by atoms with van der Waals surface area (Å²) in [6.07, 6.45) is 7.42. The highest BCUT2D eigenvalue weighted by molar-refractivity contribution is 5.78. The van der Waals surface area contributed by atoms with E-state index in [1.54, 1.807) is 0 Å². The Hall–Kier alpha value is -0.610. The number of likely N-dealkylation sites (N-methyl/N-ethyl adjacent to an activating group) is 1. The minimum Gasteiger partial charge on any atom is -0.371 e. The second-order valence-electron chi connectivity index (χ2n) is 6.45. The molecule has 0 unspecified atom stereocenters. The van der Waals surface area contributed by atoms with E-state index in [-0.39, 0.29) is 5.91 Å². The maximum absolute atomic E-state index is 12.3. The van der Waals surface area contributed by atoms with E-state index < -0.39 is 0 Å². The Morgan fingerprint density at radius 2 is 1.84 bits per heavy atom. The number of rotatable bonds is 5. The number of nitrogens with zero attached hydrogens (tertiary/aromatic N) is 2. The maximum atomic E-state index is 12.3. The maximum Gasteiger partial charge on any atom is 0.248 e. The van der Waals surface area contributed by atoms with Gasteiger partial charge in [0.1, 0.15) is 6.61 Å². The number of carbonyl (C=O) groups excluding carboxylic acids is 1. The van der Waals surface area contributed by atoms with Crippen molar-refractivity contribution >= 4 is 5.91 Å². The van der Waals surface area contributed by atoms with Crippen molar-refractivity contribution in [3.05, 3.63) is 0 Å². The van der Waals surface area contributed by atoms with Crippen LogP contribution in [0.5, 0.6) is 0 Å². The fourth-order valence-electron chi connectivity index (χ4n) is 3.60. The summed E-state index contributed by atoms with van der Waals surface area (Å²) in [5.74, 6) is 0.951. The van der Waals surface area contributed by atoms with E-state index >= 15 is 0 Å². The Morgan fingerprint density at radius 3 is 2.53 bits per heavy atom. The number of ether oxygens (including phenoxy) is 1. The van der Waals surface area contributed by atoms with Gasteiger partial charge in [-0.2, -0.15) is 0 Å². The highest BCUT2D eigenvalue weighted by atomic mass is 16.5. The number of amides is 1. The van der Waals surface area contributed by atoms with Crippen LogP contribution in [-0.2, 0) is 9.53 Å². The summed E-state index contributed by atoms with van der Waals surface area (Å²) >= 11 is 0. The van der Waals surface area contributed by atoms with Crippen LogP contribution in [0.25, 0.3) is 0 Å². The van der Waals surface area contributed by atoms with Gasteiger partial charge in [0, 0.05) is 18.6 Å². The van der Waals surface area contributed by atoms with Gasteiger partial charge in [0.15, 0.2) is 0 Å². The molecule has 3 aliphatic rings. The van der Waals surface area contributed by atoms with Crippen molar-refractivity contribution in [2.45, 2.75) is 50.6 Å². The van der Waals surface area contributed by atoms with E-state index in [4.69, 9.17) is 4.74 Å². The lowest BCUT2D eigenvalue weighted by molar-refractivity contribution is -0.138. The fourth-order valence-corrected chi connectivity index (χ4v) is 3.60.